The summed E-state index contributed by atoms with van der Waals surface area (Å²) < 4.78 is 18.3. The molecule has 0 aromatic heterocycles. The first-order valence-electron chi connectivity index (χ1n) is 21.3. The number of benzene rings is 4. The number of nitrogens with one attached hydrogen (secondary N) is 1. The number of fused-ring (bicyclic) bond motifs is 1. The Labute approximate surface area is 351 Å². The molecule has 5 atom stereocenters. The molecule has 1 fully saturated rings. The smallest absolute Gasteiger partial charge is 0.249 e. The van der Waals surface area contributed by atoms with Crippen molar-refractivity contribution >= 4 is 36.4 Å². The summed E-state index contributed by atoms with van der Waals surface area (Å²) in [5, 5.41) is 23.9. The summed E-state index contributed by atoms with van der Waals surface area (Å²) in [7, 11) is -0.524. The van der Waals surface area contributed by atoms with Gasteiger partial charge in [-0.3, -0.25) is 14.5 Å². The lowest BCUT2D eigenvalue weighted by Gasteiger charge is -2.36. The number of nitrogens with zero attached hydrogens (tertiary/aromatic N) is 2. The Morgan fingerprint density at radius 1 is 0.915 bits per heavy atom. The van der Waals surface area contributed by atoms with Crippen LogP contribution in [0.5, 0.6) is 11.5 Å². The van der Waals surface area contributed by atoms with Crippen molar-refractivity contribution in [3.05, 3.63) is 114 Å². The number of aryl methyl sites for hydroxylation is 1. The number of aliphatic hydroxyl groups excluding tert-OH is 2. The van der Waals surface area contributed by atoms with Crippen molar-refractivity contribution in [2.24, 2.45) is 5.92 Å². The van der Waals surface area contributed by atoms with Gasteiger partial charge >= 0.3 is 0 Å². The first-order valence-corrected chi connectivity index (χ1v) is 24.4. The van der Waals surface area contributed by atoms with Crippen LogP contribution in [0.3, 0.4) is 0 Å². The normalized spacial score (nSPS) is 20.4. The zero-order valence-corrected chi connectivity index (χ0v) is 36.4. The summed E-state index contributed by atoms with van der Waals surface area (Å²) >= 11 is 0. The van der Waals surface area contributed by atoms with Gasteiger partial charge in [-0.15, -0.1) is 0 Å². The lowest BCUT2D eigenvalue weighted by molar-refractivity contribution is -0.135. The number of rotatable bonds is 20. The van der Waals surface area contributed by atoms with Crippen LogP contribution in [0, 0.1) is 5.92 Å². The summed E-state index contributed by atoms with van der Waals surface area (Å²) in [6.45, 7) is 11.0. The highest BCUT2D eigenvalue weighted by molar-refractivity contribution is 6.91. The van der Waals surface area contributed by atoms with Gasteiger partial charge in [-0.25, -0.2) is 0 Å². The number of methoxy groups -OCH3 is 1. The van der Waals surface area contributed by atoms with Crippen LogP contribution in [0.25, 0.3) is 0 Å². The number of unbranched alkanes of at least 4 members (excludes halogenated alkanes) is 1. The monoisotopic (exact) mass is 821 g/mol. The van der Waals surface area contributed by atoms with E-state index in [1.54, 1.807) is 12.0 Å². The second-order valence-corrected chi connectivity index (χ2v) is 21.2. The molecule has 1 unspecified atom stereocenters. The highest BCUT2D eigenvalue weighted by atomic mass is 28.3. The van der Waals surface area contributed by atoms with Gasteiger partial charge in [0, 0.05) is 25.4 Å². The molecule has 4 aromatic carbocycles. The first-order chi connectivity index (χ1) is 28.6. The van der Waals surface area contributed by atoms with Crippen LogP contribution in [0.2, 0.25) is 18.6 Å². The fourth-order valence-corrected chi connectivity index (χ4v) is 13.3. The van der Waals surface area contributed by atoms with Gasteiger partial charge in [0.1, 0.15) is 11.5 Å². The largest absolute Gasteiger partial charge is 0.497 e. The van der Waals surface area contributed by atoms with Gasteiger partial charge in [-0.2, -0.15) is 0 Å². The molecule has 11 heteroatoms. The summed E-state index contributed by atoms with van der Waals surface area (Å²) in [6.07, 6.45) is 3.59. The molecule has 2 heterocycles. The predicted molar refractivity (Wildman–Crippen MR) is 237 cm³/mol. The zero-order chi connectivity index (χ0) is 41.9. The standard InChI is InChI=1S/C48H63N3O7Si/c1-6-57-40-21-24-43-37(30-40)31-42(49-26-10-11-28-52)48(55)51(43)38-17-14-35(15-18-38)16-25-44-34(2)47(59(4,5)41-22-19-39(56-3)20-23-41)45(58-44)32-46(54)50(27-29-53)33-36-12-8-7-9-13-36/h7-9,12-15,17-24,30,34,42,44-45,47,49,52-53H,6,10-11,16,25-29,31-33H2,1-5H3/t34-,42?,44+,45-,47+/m0/s1. The van der Waals surface area contributed by atoms with E-state index in [1.165, 1.54) is 5.19 Å². The molecule has 4 aromatic rings. The highest BCUT2D eigenvalue weighted by Crippen LogP contribution is 2.47. The minimum absolute atomic E-state index is 0.00295. The van der Waals surface area contributed by atoms with E-state index in [9.17, 15) is 19.8 Å². The Kier molecular flexibility index (Phi) is 15.4. The van der Waals surface area contributed by atoms with E-state index in [1.807, 2.05) is 84.6 Å². The average Bonchev–Trinajstić information content (AvgIpc) is 3.56. The second-order valence-electron chi connectivity index (χ2n) is 16.5. The minimum Gasteiger partial charge on any atom is -0.497 e. The average molecular weight is 822 g/mol. The van der Waals surface area contributed by atoms with Crippen molar-refractivity contribution in [3.63, 3.8) is 0 Å². The van der Waals surface area contributed by atoms with Crippen molar-refractivity contribution in [2.75, 3.05) is 44.9 Å². The number of amides is 2. The lowest BCUT2D eigenvalue weighted by atomic mass is 9.94. The fraction of sp³-hybridized carbons (Fsp3) is 0.458. The van der Waals surface area contributed by atoms with Crippen molar-refractivity contribution in [1.29, 1.82) is 0 Å². The number of anilines is 2. The molecular weight excluding hydrogens is 759 g/mol. The van der Waals surface area contributed by atoms with Crippen LogP contribution in [-0.4, -0.2) is 93.3 Å². The maximum absolute atomic E-state index is 14.1. The Morgan fingerprint density at radius 3 is 2.32 bits per heavy atom. The summed E-state index contributed by atoms with van der Waals surface area (Å²) in [6, 6.07) is 32.2. The zero-order valence-electron chi connectivity index (χ0n) is 35.4. The molecular formula is C48H63N3O7Si. The van der Waals surface area contributed by atoms with Gasteiger partial charge in [0.15, 0.2) is 0 Å². The number of aliphatic hydroxyl groups is 2. The fourth-order valence-electron chi connectivity index (χ4n) is 9.20. The molecule has 2 aliphatic rings. The molecule has 0 spiro atoms. The Morgan fingerprint density at radius 2 is 1.64 bits per heavy atom. The molecule has 0 aliphatic carbocycles. The number of hydrogen-bond donors (Lipinski definition) is 3. The molecule has 3 N–H and O–H groups in total. The maximum atomic E-state index is 14.1. The molecule has 6 rings (SSSR count). The number of carbonyl (C=O) groups is 2. The van der Waals surface area contributed by atoms with E-state index >= 15 is 0 Å². The van der Waals surface area contributed by atoms with Gasteiger partial charge in [0.25, 0.3) is 0 Å². The van der Waals surface area contributed by atoms with Crippen molar-refractivity contribution in [1.82, 2.24) is 10.2 Å². The molecule has 0 bridgehead atoms. The molecule has 316 valence electrons. The van der Waals surface area contributed by atoms with Gasteiger partial charge < -0.3 is 34.6 Å². The molecule has 0 radical (unpaired) electrons. The van der Waals surface area contributed by atoms with Crippen LogP contribution in [-0.2, 0) is 33.7 Å². The van der Waals surface area contributed by atoms with Crippen molar-refractivity contribution in [3.8, 4) is 11.5 Å². The third-order valence-corrected chi connectivity index (χ3v) is 16.7. The first kappa shape index (κ1) is 44.0. The topological polar surface area (TPSA) is 121 Å². The lowest BCUT2D eigenvalue weighted by Crippen LogP contribution is -2.51. The van der Waals surface area contributed by atoms with E-state index in [0.29, 0.717) is 32.5 Å². The quantitative estimate of drug-likeness (QED) is 0.0660. The number of carbonyl (C=O) groups excluding carboxylic acids is 2. The third kappa shape index (κ3) is 10.6. The van der Waals surface area contributed by atoms with E-state index in [4.69, 9.17) is 14.2 Å². The highest BCUT2D eigenvalue weighted by Gasteiger charge is 2.51. The van der Waals surface area contributed by atoms with Gasteiger partial charge in [-0.05, 0) is 116 Å². The van der Waals surface area contributed by atoms with E-state index in [0.717, 1.165) is 58.8 Å². The van der Waals surface area contributed by atoms with E-state index in [2.05, 4.69) is 49.6 Å². The molecule has 10 nitrogen and oxygen atoms in total. The maximum Gasteiger partial charge on any atom is 0.249 e. The van der Waals surface area contributed by atoms with Crippen LogP contribution in [0.15, 0.2) is 97.1 Å². The Hall–Kier alpha value is -4.52. The molecule has 1 saturated heterocycles. The van der Waals surface area contributed by atoms with Crippen molar-refractivity contribution in [2.45, 2.75) is 95.8 Å². The predicted octanol–water partition coefficient (Wildman–Crippen LogP) is 6.78. The van der Waals surface area contributed by atoms with Crippen LogP contribution >= 0.6 is 0 Å². The van der Waals surface area contributed by atoms with Gasteiger partial charge in [0.05, 0.1) is 58.8 Å². The molecule has 59 heavy (non-hydrogen) atoms. The molecule has 0 saturated carbocycles. The second kappa shape index (κ2) is 20.6. The third-order valence-electron chi connectivity index (χ3n) is 12.3. The summed E-state index contributed by atoms with van der Waals surface area (Å²) in [5.74, 6) is 1.81. The molecule has 2 aliphatic heterocycles. The van der Waals surface area contributed by atoms with Gasteiger partial charge in [0.2, 0.25) is 11.8 Å². The van der Waals surface area contributed by atoms with E-state index < -0.39 is 8.07 Å². The Bertz CT molecular complexity index is 1960. The van der Waals surface area contributed by atoms with Crippen LogP contribution in [0.1, 0.15) is 56.2 Å². The number of ether oxygens (including phenoxy) is 3. The SMILES string of the molecule is CCOc1ccc2c(c1)CC(NCCCCO)C(=O)N2c1ccc(CC[C@H]2O[C@@H](CC(=O)N(CCO)Cc3ccccc3)[C@H]([Si](C)(C)c3ccc(OC)cc3)[C@H]2C)cc1. The Balaban J connectivity index is 1.20. The minimum atomic E-state index is -2.20. The van der Waals surface area contributed by atoms with Gasteiger partial charge in [-0.1, -0.05) is 79.8 Å². The number of hydrogen-bond acceptors (Lipinski definition) is 8. The summed E-state index contributed by atoms with van der Waals surface area (Å²) in [4.78, 5) is 31.7. The van der Waals surface area contributed by atoms with E-state index in [-0.39, 0.29) is 67.7 Å². The van der Waals surface area contributed by atoms with Crippen LogP contribution in [0.4, 0.5) is 11.4 Å². The molecule has 2 amide bonds. The van der Waals surface area contributed by atoms with Crippen LogP contribution < -0.4 is 24.9 Å². The summed E-state index contributed by atoms with van der Waals surface area (Å²) in [5.41, 5.74) is 5.08. The van der Waals surface area contributed by atoms with Crippen molar-refractivity contribution < 1.29 is 34.0 Å².